The number of nitrogens with zero attached hydrogens (tertiary/aromatic N) is 2. The quantitative estimate of drug-likeness (QED) is 0.710. The van der Waals surface area contributed by atoms with E-state index in [4.69, 9.17) is 4.74 Å². The fourth-order valence-corrected chi connectivity index (χ4v) is 2.55. The Labute approximate surface area is 130 Å². The molecule has 2 heterocycles. The van der Waals surface area contributed by atoms with Crippen molar-refractivity contribution in [3.05, 3.63) is 42.6 Å². The summed E-state index contributed by atoms with van der Waals surface area (Å²) < 4.78 is 7.51. The number of hydrogen-bond donors (Lipinski definition) is 3. The van der Waals surface area contributed by atoms with Crippen LogP contribution in [0.5, 0.6) is 5.75 Å². The van der Waals surface area contributed by atoms with Crippen molar-refractivity contribution < 1.29 is 9.84 Å². The van der Waals surface area contributed by atoms with Crippen molar-refractivity contribution in [1.82, 2.24) is 15.1 Å². The summed E-state index contributed by atoms with van der Waals surface area (Å²) in [5.74, 6) is 2.33. The van der Waals surface area contributed by atoms with Crippen LogP contribution in [0.25, 0.3) is 0 Å². The third-order valence-corrected chi connectivity index (χ3v) is 3.72. The Hall–Kier alpha value is -2.05. The second-order valence-electron chi connectivity index (χ2n) is 5.58. The SMILES string of the molecule is O[C@H](CNC[C@@H]1CNc2ccnn2C1)COc1ccccc1. The van der Waals surface area contributed by atoms with Crippen LogP contribution >= 0.6 is 0 Å². The molecule has 118 valence electrons. The van der Waals surface area contributed by atoms with E-state index in [0.29, 0.717) is 19.1 Å². The van der Waals surface area contributed by atoms with Crippen molar-refractivity contribution in [2.24, 2.45) is 5.92 Å². The lowest BCUT2D eigenvalue weighted by Gasteiger charge is -2.25. The number of hydrogen-bond acceptors (Lipinski definition) is 5. The van der Waals surface area contributed by atoms with Crippen molar-refractivity contribution >= 4 is 5.82 Å². The highest BCUT2D eigenvalue weighted by molar-refractivity contribution is 5.35. The predicted octanol–water partition coefficient (Wildman–Crippen LogP) is 0.954. The van der Waals surface area contributed by atoms with Gasteiger partial charge in [0.05, 0.1) is 6.20 Å². The van der Waals surface area contributed by atoms with Gasteiger partial charge in [-0.1, -0.05) is 18.2 Å². The number of anilines is 1. The first-order valence-electron chi connectivity index (χ1n) is 7.63. The number of para-hydroxylation sites is 1. The first-order chi connectivity index (χ1) is 10.8. The van der Waals surface area contributed by atoms with E-state index in [0.717, 1.165) is 31.2 Å². The van der Waals surface area contributed by atoms with Gasteiger partial charge in [-0.2, -0.15) is 5.10 Å². The normalized spacial score (nSPS) is 18.3. The molecule has 1 aromatic heterocycles. The van der Waals surface area contributed by atoms with Crippen molar-refractivity contribution in [2.75, 3.05) is 31.6 Å². The van der Waals surface area contributed by atoms with Crippen LogP contribution in [0.1, 0.15) is 0 Å². The van der Waals surface area contributed by atoms with Crippen LogP contribution in [0.15, 0.2) is 42.6 Å². The monoisotopic (exact) mass is 302 g/mol. The van der Waals surface area contributed by atoms with E-state index in [1.807, 2.05) is 47.3 Å². The summed E-state index contributed by atoms with van der Waals surface area (Å²) in [5.41, 5.74) is 0. The van der Waals surface area contributed by atoms with E-state index in [-0.39, 0.29) is 0 Å². The van der Waals surface area contributed by atoms with Crippen LogP contribution in [-0.4, -0.2) is 47.2 Å². The molecule has 0 saturated carbocycles. The molecule has 2 atom stereocenters. The van der Waals surface area contributed by atoms with Crippen molar-refractivity contribution in [3.63, 3.8) is 0 Å². The van der Waals surface area contributed by atoms with Gasteiger partial charge in [-0.3, -0.25) is 0 Å². The summed E-state index contributed by atoms with van der Waals surface area (Å²) in [7, 11) is 0. The Bertz CT molecular complexity index is 573. The molecule has 1 aromatic carbocycles. The second-order valence-corrected chi connectivity index (χ2v) is 5.58. The number of ether oxygens (including phenoxy) is 1. The van der Waals surface area contributed by atoms with Gasteiger partial charge in [-0.05, 0) is 12.1 Å². The summed E-state index contributed by atoms with van der Waals surface area (Å²) >= 11 is 0. The zero-order valence-electron chi connectivity index (χ0n) is 12.5. The van der Waals surface area contributed by atoms with E-state index in [1.165, 1.54) is 0 Å². The lowest BCUT2D eigenvalue weighted by molar-refractivity contribution is 0.105. The van der Waals surface area contributed by atoms with Crippen molar-refractivity contribution in [3.8, 4) is 5.75 Å². The highest BCUT2D eigenvalue weighted by Gasteiger charge is 2.18. The smallest absolute Gasteiger partial charge is 0.124 e. The summed E-state index contributed by atoms with van der Waals surface area (Å²) in [6.45, 7) is 3.49. The third-order valence-electron chi connectivity index (χ3n) is 3.72. The van der Waals surface area contributed by atoms with Gasteiger partial charge in [0, 0.05) is 38.2 Å². The van der Waals surface area contributed by atoms with E-state index >= 15 is 0 Å². The third kappa shape index (κ3) is 3.99. The molecule has 6 heteroatoms. The lowest BCUT2D eigenvalue weighted by Crippen LogP contribution is -2.39. The molecule has 0 unspecified atom stereocenters. The molecule has 0 aliphatic carbocycles. The van der Waals surface area contributed by atoms with Crippen molar-refractivity contribution in [1.29, 1.82) is 0 Å². The Morgan fingerprint density at radius 2 is 2.23 bits per heavy atom. The molecule has 1 aliphatic heterocycles. The van der Waals surface area contributed by atoms with Crippen LogP contribution in [-0.2, 0) is 6.54 Å². The largest absolute Gasteiger partial charge is 0.491 e. The Balaban J connectivity index is 1.33. The molecular weight excluding hydrogens is 280 g/mol. The van der Waals surface area contributed by atoms with Gasteiger partial charge < -0.3 is 20.5 Å². The first-order valence-corrected chi connectivity index (χ1v) is 7.63. The van der Waals surface area contributed by atoms with Gasteiger partial charge in [0.15, 0.2) is 0 Å². The van der Waals surface area contributed by atoms with Gasteiger partial charge in [-0.25, -0.2) is 4.68 Å². The molecule has 0 amide bonds. The van der Waals surface area contributed by atoms with Gasteiger partial charge in [-0.15, -0.1) is 0 Å². The number of nitrogens with one attached hydrogen (secondary N) is 2. The fraction of sp³-hybridized carbons (Fsp3) is 0.438. The molecule has 0 radical (unpaired) electrons. The van der Waals surface area contributed by atoms with Gasteiger partial charge >= 0.3 is 0 Å². The zero-order chi connectivity index (χ0) is 15.2. The maximum Gasteiger partial charge on any atom is 0.124 e. The minimum absolute atomic E-state index is 0.295. The average molecular weight is 302 g/mol. The molecule has 22 heavy (non-hydrogen) atoms. The van der Waals surface area contributed by atoms with Gasteiger partial charge in [0.25, 0.3) is 0 Å². The molecule has 3 rings (SSSR count). The van der Waals surface area contributed by atoms with Crippen LogP contribution in [0, 0.1) is 5.92 Å². The van der Waals surface area contributed by atoms with E-state index in [1.54, 1.807) is 0 Å². The molecule has 2 aromatic rings. The Morgan fingerprint density at radius 3 is 3.09 bits per heavy atom. The summed E-state index contributed by atoms with van der Waals surface area (Å²) in [4.78, 5) is 0. The molecule has 0 fully saturated rings. The van der Waals surface area contributed by atoms with E-state index < -0.39 is 6.10 Å². The van der Waals surface area contributed by atoms with Crippen LogP contribution in [0.2, 0.25) is 0 Å². The number of aliphatic hydroxyl groups is 1. The molecule has 6 nitrogen and oxygen atoms in total. The number of aromatic nitrogens is 2. The summed E-state index contributed by atoms with van der Waals surface area (Å²) in [6, 6.07) is 11.5. The Morgan fingerprint density at radius 1 is 1.36 bits per heavy atom. The number of fused-ring (bicyclic) bond motifs is 1. The first kappa shape index (κ1) is 14.9. The van der Waals surface area contributed by atoms with E-state index in [9.17, 15) is 5.11 Å². The molecule has 1 aliphatic rings. The fourth-order valence-electron chi connectivity index (χ4n) is 2.55. The lowest BCUT2D eigenvalue weighted by atomic mass is 10.1. The molecule has 0 saturated heterocycles. The maximum atomic E-state index is 9.94. The molecule has 3 N–H and O–H groups in total. The topological polar surface area (TPSA) is 71.3 Å². The van der Waals surface area contributed by atoms with Gasteiger partial charge in [0.1, 0.15) is 24.3 Å². The standard InChI is InChI=1S/C16H22N4O2/c21-14(12-22-15-4-2-1-3-5-15)10-17-8-13-9-18-16-6-7-19-20(16)11-13/h1-7,13-14,17-18,21H,8-12H2/t13-,14-/m1/s1. The van der Waals surface area contributed by atoms with Crippen LogP contribution in [0.3, 0.4) is 0 Å². The van der Waals surface area contributed by atoms with Crippen LogP contribution in [0.4, 0.5) is 5.82 Å². The van der Waals surface area contributed by atoms with Crippen molar-refractivity contribution in [2.45, 2.75) is 12.6 Å². The zero-order valence-corrected chi connectivity index (χ0v) is 12.5. The Kier molecular flexibility index (Phi) is 4.92. The molecule has 0 bridgehead atoms. The number of rotatable bonds is 7. The highest BCUT2D eigenvalue weighted by atomic mass is 16.5. The average Bonchev–Trinajstić information content (AvgIpc) is 3.02. The molecule has 0 spiro atoms. The summed E-state index contributed by atoms with van der Waals surface area (Å²) in [6.07, 6.45) is 1.29. The predicted molar refractivity (Wildman–Crippen MR) is 85.0 cm³/mol. The van der Waals surface area contributed by atoms with Gasteiger partial charge in [0.2, 0.25) is 0 Å². The number of aliphatic hydroxyl groups excluding tert-OH is 1. The highest BCUT2D eigenvalue weighted by Crippen LogP contribution is 2.15. The van der Waals surface area contributed by atoms with Crippen LogP contribution < -0.4 is 15.4 Å². The number of benzene rings is 1. The van der Waals surface area contributed by atoms with E-state index in [2.05, 4.69) is 15.7 Å². The molecular formula is C16H22N4O2. The summed E-state index contributed by atoms with van der Waals surface area (Å²) in [5, 5.41) is 20.9. The minimum Gasteiger partial charge on any atom is -0.491 e. The minimum atomic E-state index is -0.517. The maximum absolute atomic E-state index is 9.94. The second kappa shape index (κ2) is 7.29.